The molecule has 246 valence electrons. The van der Waals surface area contributed by atoms with Crippen LogP contribution in [0.2, 0.25) is 0 Å². The van der Waals surface area contributed by atoms with Crippen LogP contribution in [0.4, 0.5) is 0 Å². The van der Waals surface area contributed by atoms with Gasteiger partial charge in [-0.05, 0) is 11.1 Å². The zero-order chi connectivity index (χ0) is 33.2. The third-order valence-electron chi connectivity index (χ3n) is 6.67. The van der Waals surface area contributed by atoms with Crippen LogP contribution in [0.3, 0.4) is 0 Å². The molecule has 0 aromatic heterocycles. The molecule has 0 heterocycles. The van der Waals surface area contributed by atoms with E-state index < -0.39 is 61.6 Å². The van der Waals surface area contributed by atoms with Crippen molar-refractivity contribution in [1.82, 2.24) is 14.7 Å². The molecule has 0 saturated carbocycles. The van der Waals surface area contributed by atoms with Crippen LogP contribution in [-0.4, -0.2) is 141 Å². The molecule has 5 N–H and O–H groups in total. The molecular formula is C30H39N3O12. The molecular weight excluding hydrogens is 594 g/mol. The Morgan fingerprint density at radius 3 is 1.20 bits per heavy atom. The minimum absolute atomic E-state index is 0.0931. The molecule has 0 aliphatic carbocycles. The van der Waals surface area contributed by atoms with Crippen molar-refractivity contribution < 1.29 is 59.0 Å². The molecule has 0 bridgehead atoms. The molecule has 2 aromatic rings. The summed E-state index contributed by atoms with van der Waals surface area (Å²) in [5.41, 5.74) is 1.57. The monoisotopic (exact) mass is 633 g/mol. The first kappa shape index (κ1) is 36.8. The molecule has 0 spiro atoms. The lowest BCUT2D eigenvalue weighted by Gasteiger charge is -2.32. The average molecular weight is 634 g/mol. The predicted molar refractivity (Wildman–Crippen MR) is 158 cm³/mol. The van der Waals surface area contributed by atoms with Crippen LogP contribution >= 0.6 is 0 Å². The van der Waals surface area contributed by atoms with Gasteiger partial charge in [0.1, 0.15) is 12.1 Å². The molecule has 0 aliphatic heterocycles. The Balaban J connectivity index is 2.10. The van der Waals surface area contributed by atoms with Crippen molar-refractivity contribution in [3.8, 4) is 0 Å². The highest BCUT2D eigenvalue weighted by atomic mass is 16.5. The summed E-state index contributed by atoms with van der Waals surface area (Å²) in [4.78, 5) is 62.5. The zero-order valence-electron chi connectivity index (χ0n) is 24.6. The zero-order valence-corrected chi connectivity index (χ0v) is 24.6. The van der Waals surface area contributed by atoms with Crippen LogP contribution in [-0.2, 0) is 46.7 Å². The number of aliphatic carboxylic acids is 5. The van der Waals surface area contributed by atoms with Gasteiger partial charge in [-0.2, -0.15) is 0 Å². The van der Waals surface area contributed by atoms with Gasteiger partial charge in [0.15, 0.2) is 0 Å². The summed E-state index contributed by atoms with van der Waals surface area (Å²) >= 11 is 0. The Morgan fingerprint density at radius 2 is 0.889 bits per heavy atom. The average Bonchev–Trinajstić information content (AvgIpc) is 2.98. The van der Waals surface area contributed by atoms with E-state index in [1.54, 1.807) is 48.5 Å². The molecule has 0 saturated heterocycles. The standard InChI is InChI=1S/C30H39N3O12/c34-26(35)15-31(11-13-32(16-27(36)37)24(29(40)41)20-44-18-22-7-3-1-4-8-22)12-14-33(17-28(38)39)25(30(42)43)21-45-19-23-9-5-2-6-10-23/h1-10,24-25H,11-21H2,(H,34,35)(H,36,37)(H,38,39)(H,40,41)(H,42,43)/t24-,25?/m0/s1. The van der Waals surface area contributed by atoms with E-state index in [0.29, 0.717) is 0 Å². The molecule has 0 radical (unpaired) electrons. The third kappa shape index (κ3) is 14.7. The van der Waals surface area contributed by atoms with Crippen LogP contribution < -0.4 is 0 Å². The predicted octanol–water partition coefficient (Wildman–Crippen LogP) is 0.486. The van der Waals surface area contributed by atoms with Crippen LogP contribution in [0.25, 0.3) is 0 Å². The number of nitrogens with zero attached hydrogens (tertiary/aromatic N) is 3. The molecule has 0 aliphatic rings. The molecule has 15 nitrogen and oxygen atoms in total. The summed E-state index contributed by atoms with van der Waals surface area (Å²) in [5.74, 6) is -6.52. The summed E-state index contributed by atoms with van der Waals surface area (Å²) in [6.07, 6.45) is 0. The van der Waals surface area contributed by atoms with Gasteiger partial charge in [0.05, 0.1) is 46.1 Å². The smallest absolute Gasteiger partial charge is 0.323 e. The van der Waals surface area contributed by atoms with Gasteiger partial charge in [0, 0.05) is 26.2 Å². The van der Waals surface area contributed by atoms with E-state index in [9.17, 15) is 49.5 Å². The van der Waals surface area contributed by atoms with E-state index in [2.05, 4.69) is 0 Å². The number of carbonyl (C=O) groups is 5. The van der Waals surface area contributed by atoms with Gasteiger partial charge in [-0.15, -0.1) is 0 Å². The maximum atomic E-state index is 12.1. The van der Waals surface area contributed by atoms with Crippen molar-refractivity contribution >= 4 is 29.8 Å². The van der Waals surface area contributed by atoms with Crippen molar-refractivity contribution in [3.05, 3.63) is 71.8 Å². The highest BCUT2D eigenvalue weighted by Gasteiger charge is 2.30. The van der Waals surface area contributed by atoms with E-state index >= 15 is 0 Å². The minimum Gasteiger partial charge on any atom is -0.480 e. The van der Waals surface area contributed by atoms with Gasteiger partial charge < -0.3 is 35.0 Å². The molecule has 15 heteroatoms. The fourth-order valence-electron chi connectivity index (χ4n) is 4.43. The van der Waals surface area contributed by atoms with Crippen molar-refractivity contribution in [3.63, 3.8) is 0 Å². The second kappa shape index (κ2) is 19.8. The van der Waals surface area contributed by atoms with Crippen LogP contribution in [0.15, 0.2) is 60.7 Å². The Hall–Kier alpha value is -4.41. The highest BCUT2D eigenvalue weighted by molar-refractivity contribution is 5.76. The van der Waals surface area contributed by atoms with Crippen LogP contribution in [0, 0.1) is 0 Å². The lowest BCUT2D eigenvalue weighted by atomic mass is 10.2. The number of rotatable bonds is 24. The number of benzene rings is 2. The number of carboxylic acid groups (broad SMARTS) is 5. The lowest BCUT2D eigenvalue weighted by Crippen LogP contribution is -2.52. The SMILES string of the molecule is O=C(O)CN(CCN(CC(=O)O)C(COCc1ccccc1)C(=O)O)CCN(CC(=O)O)[C@@H](COCc1ccccc1)C(=O)O. The summed E-state index contributed by atoms with van der Waals surface area (Å²) in [6.45, 7) is -3.00. The van der Waals surface area contributed by atoms with E-state index in [1.165, 1.54) is 4.90 Å². The summed E-state index contributed by atoms with van der Waals surface area (Å²) < 4.78 is 11.1. The first-order valence-corrected chi connectivity index (χ1v) is 14.0. The molecule has 45 heavy (non-hydrogen) atoms. The van der Waals surface area contributed by atoms with Crippen molar-refractivity contribution in [2.24, 2.45) is 0 Å². The largest absolute Gasteiger partial charge is 0.480 e. The highest BCUT2D eigenvalue weighted by Crippen LogP contribution is 2.09. The maximum absolute atomic E-state index is 12.1. The second-order valence-corrected chi connectivity index (χ2v) is 10.1. The van der Waals surface area contributed by atoms with E-state index in [4.69, 9.17) is 9.47 Å². The molecule has 0 fully saturated rings. The lowest BCUT2D eigenvalue weighted by molar-refractivity contribution is -0.150. The van der Waals surface area contributed by atoms with E-state index in [-0.39, 0.29) is 52.6 Å². The summed E-state index contributed by atoms with van der Waals surface area (Å²) in [7, 11) is 0. The van der Waals surface area contributed by atoms with Gasteiger partial charge in [0.25, 0.3) is 0 Å². The fraction of sp³-hybridized carbons (Fsp3) is 0.433. The number of hydrogen-bond acceptors (Lipinski definition) is 10. The first-order valence-electron chi connectivity index (χ1n) is 14.0. The molecule has 0 amide bonds. The first-order chi connectivity index (χ1) is 21.5. The Bertz CT molecular complexity index is 1140. The van der Waals surface area contributed by atoms with Crippen molar-refractivity contribution in [2.75, 3.05) is 59.0 Å². The number of ether oxygens (including phenoxy) is 2. The molecule has 2 aromatic carbocycles. The second-order valence-electron chi connectivity index (χ2n) is 10.1. The quantitative estimate of drug-likeness (QED) is 0.106. The van der Waals surface area contributed by atoms with Gasteiger partial charge in [0.2, 0.25) is 0 Å². The molecule has 1 unspecified atom stereocenters. The van der Waals surface area contributed by atoms with Crippen molar-refractivity contribution in [1.29, 1.82) is 0 Å². The normalized spacial score (nSPS) is 12.7. The number of carboxylic acids is 5. The van der Waals surface area contributed by atoms with Gasteiger partial charge in [-0.1, -0.05) is 60.7 Å². The van der Waals surface area contributed by atoms with E-state index in [0.717, 1.165) is 20.9 Å². The fourth-order valence-corrected chi connectivity index (χ4v) is 4.43. The van der Waals surface area contributed by atoms with Crippen molar-refractivity contribution in [2.45, 2.75) is 25.3 Å². The Morgan fingerprint density at radius 1 is 0.533 bits per heavy atom. The Kier molecular flexibility index (Phi) is 16.2. The summed E-state index contributed by atoms with van der Waals surface area (Å²) in [5, 5.41) is 48.0. The van der Waals surface area contributed by atoms with Crippen LogP contribution in [0.1, 0.15) is 11.1 Å². The van der Waals surface area contributed by atoms with Gasteiger partial charge in [-0.25, -0.2) is 0 Å². The van der Waals surface area contributed by atoms with Gasteiger partial charge in [-0.3, -0.25) is 38.7 Å². The van der Waals surface area contributed by atoms with Gasteiger partial charge >= 0.3 is 29.8 Å². The molecule has 2 atom stereocenters. The minimum atomic E-state index is -1.36. The number of hydrogen-bond donors (Lipinski definition) is 5. The molecule has 2 rings (SSSR count). The third-order valence-corrected chi connectivity index (χ3v) is 6.67. The van der Waals surface area contributed by atoms with E-state index in [1.807, 2.05) is 12.1 Å². The maximum Gasteiger partial charge on any atom is 0.323 e. The topological polar surface area (TPSA) is 215 Å². The summed E-state index contributed by atoms with van der Waals surface area (Å²) in [6, 6.07) is 15.2. The Labute approximate surface area is 259 Å². The van der Waals surface area contributed by atoms with Crippen LogP contribution in [0.5, 0.6) is 0 Å².